The summed E-state index contributed by atoms with van der Waals surface area (Å²) in [6.07, 6.45) is 0.850. The normalized spacial score (nSPS) is 14.3. The maximum Gasteiger partial charge on any atom is 0.248 e. The van der Waals surface area contributed by atoms with Crippen LogP contribution in [0.2, 0.25) is 0 Å². The van der Waals surface area contributed by atoms with E-state index in [9.17, 15) is 9.90 Å². The third kappa shape index (κ3) is 3.84. The van der Waals surface area contributed by atoms with Crippen molar-refractivity contribution in [3.8, 4) is 0 Å². The Morgan fingerprint density at radius 2 is 2.00 bits per heavy atom. The fourth-order valence-corrected chi connectivity index (χ4v) is 1.40. The van der Waals surface area contributed by atoms with Crippen molar-refractivity contribution in [1.29, 1.82) is 0 Å². The van der Waals surface area contributed by atoms with Crippen LogP contribution in [0.3, 0.4) is 0 Å². The van der Waals surface area contributed by atoms with Crippen LogP contribution in [-0.4, -0.2) is 23.2 Å². The van der Waals surface area contributed by atoms with Crippen molar-refractivity contribution in [3.05, 3.63) is 35.4 Å². The summed E-state index contributed by atoms with van der Waals surface area (Å²) in [7, 11) is 0. The predicted octanol–water partition coefficient (Wildman–Crippen LogP) is 1.04. The standard InChI is InChI=1S/C13H20N2O2/c1-3-13(2,9-16)15-8-10-4-6-11(7-5-10)12(14)17/h4-7,15-16H,3,8-9H2,1-2H3,(H2,14,17). The van der Waals surface area contributed by atoms with Crippen LogP contribution >= 0.6 is 0 Å². The van der Waals surface area contributed by atoms with Crippen LogP contribution in [0.1, 0.15) is 36.2 Å². The number of nitrogens with two attached hydrogens (primary N) is 1. The fourth-order valence-electron chi connectivity index (χ4n) is 1.40. The van der Waals surface area contributed by atoms with Crippen LogP contribution < -0.4 is 11.1 Å². The average Bonchev–Trinajstić information content (AvgIpc) is 2.36. The SMILES string of the molecule is CCC(C)(CO)NCc1ccc(C(N)=O)cc1. The van der Waals surface area contributed by atoms with Crippen molar-refractivity contribution in [2.75, 3.05) is 6.61 Å². The third-order valence-electron chi connectivity index (χ3n) is 3.09. The number of carbonyl (C=O) groups excluding carboxylic acids is 1. The molecule has 1 rings (SSSR count). The van der Waals surface area contributed by atoms with Crippen LogP contribution in [0.4, 0.5) is 0 Å². The van der Waals surface area contributed by atoms with Crippen LogP contribution in [0, 0.1) is 0 Å². The van der Waals surface area contributed by atoms with E-state index in [1.54, 1.807) is 12.1 Å². The maximum atomic E-state index is 10.9. The van der Waals surface area contributed by atoms with Gasteiger partial charge in [-0.3, -0.25) is 4.79 Å². The molecule has 4 nitrogen and oxygen atoms in total. The highest BCUT2D eigenvalue weighted by atomic mass is 16.3. The number of carbonyl (C=O) groups is 1. The number of aliphatic hydroxyl groups is 1. The predicted molar refractivity (Wildman–Crippen MR) is 67.6 cm³/mol. The second-order valence-electron chi connectivity index (χ2n) is 4.49. The van der Waals surface area contributed by atoms with Gasteiger partial charge < -0.3 is 16.2 Å². The first-order valence-corrected chi connectivity index (χ1v) is 5.75. The molecule has 0 aliphatic heterocycles. The summed E-state index contributed by atoms with van der Waals surface area (Å²) in [4.78, 5) is 10.9. The summed E-state index contributed by atoms with van der Waals surface area (Å²) in [5, 5.41) is 12.6. The summed E-state index contributed by atoms with van der Waals surface area (Å²) in [6.45, 7) is 4.76. The molecule has 0 bridgehead atoms. The average molecular weight is 236 g/mol. The van der Waals surface area contributed by atoms with Gasteiger partial charge in [0.1, 0.15) is 0 Å². The minimum Gasteiger partial charge on any atom is -0.394 e. The first kappa shape index (κ1) is 13.7. The summed E-state index contributed by atoms with van der Waals surface area (Å²) in [6, 6.07) is 7.14. The first-order valence-electron chi connectivity index (χ1n) is 5.75. The topological polar surface area (TPSA) is 75.3 Å². The molecule has 0 aliphatic carbocycles. The fraction of sp³-hybridized carbons (Fsp3) is 0.462. The number of benzene rings is 1. The van der Waals surface area contributed by atoms with Gasteiger partial charge in [0.15, 0.2) is 0 Å². The Balaban J connectivity index is 2.61. The number of aliphatic hydroxyl groups excluding tert-OH is 1. The van der Waals surface area contributed by atoms with Crippen molar-refractivity contribution in [3.63, 3.8) is 0 Å². The van der Waals surface area contributed by atoms with E-state index >= 15 is 0 Å². The van der Waals surface area contributed by atoms with Gasteiger partial charge in [0, 0.05) is 17.6 Å². The largest absolute Gasteiger partial charge is 0.394 e. The highest BCUT2D eigenvalue weighted by Gasteiger charge is 2.19. The van der Waals surface area contributed by atoms with Gasteiger partial charge in [-0.25, -0.2) is 0 Å². The first-order chi connectivity index (χ1) is 8.00. The molecule has 1 aromatic rings. The molecule has 1 atom stereocenters. The summed E-state index contributed by atoms with van der Waals surface area (Å²) >= 11 is 0. The van der Waals surface area contributed by atoms with Crippen LogP contribution in [0.5, 0.6) is 0 Å². The Hall–Kier alpha value is -1.39. The van der Waals surface area contributed by atoms with Gasteiger partial charge in [-0.2, -0.15) is 0 Å². The van der Waals surface area contributed by atoms with E-state index in [0.717, 1.165) is 12.0 Å². The second-order valence-corrected chi connectivity index (χ2v) is 4.49. The molecule has 0 saturated carbocycles. The molecule has 0 aliphatic rings. The molecule has 1 aromatic carbocycles. The van der Waals surface area contributed by atoms with Crippen molar-refractivity contribution in [1.82, 2.24) is 5.32 Å². The summed E-state index contributed by atoms with van der Waals surface area (Å²) < 4.78 is 0. The molecule has 0 fully saturated rings. The van der Waals surface area contributed by atoms with Crippen molar-refractivity contribution < 1.29 is 9.90 Å². The van der Waals surface area contributed by atoms with E-state index in [1.165, 1.54) is 0 Å². The van der Waals surface area contributed by atoms with E-state index in [-0.39, 0.29) is 12.1 Å². The lowest BCUT2D eigenvalue weighted by Crippen LogP contribution is -2.44. The van der Waals surface area contributed by atoms with E-state index in [0.29, 0.717) is 12.1 Å². The molecular formula is C13H20N2O2. The zero-order valence-electron chi connectivity index (χ0n) is 10.4. The van der Waals surface area contributed by atoms with Gasteiger partial charge >= 0.3 is 0 Å². The van der Waals surface area contributed by atoms with Crippen molar-refractivity contribution in [2.45, 2.75) is 32.4 Å². The maximum absolute atomic E-state index is 10.9. The van der Waals surface area contributed by atoms with Crippen molar-refractivity contribution in [2.24, 2.45) is 5.73 Å². The molecule has 94 valence electrons. The number of hydrogen-bond donors (Lipinski definition) is 3. The van der Waals surface area contributed by atoms with E-state index in [2.05, 4.69) is 5.32 Å². The summed E-state index contributed by atoms with van der Waals surface area (Å²) in [5.41, 5.74) is 6.47. The molecule has 17 heavy (non-hydrogen) atoms. The Bertz CT molecular complexity index is 370. The van der Waals surface area contributed by atoms with Gasteiger partial charge in [0.2, 0.25) is 5.91 Å². The molecule has 0 saturated heterocycles. The smallest absolute Gasteiger partial charge is 0.248 e. The zero-order valence-corrected chi connectivity index (χ0v) is 10.4. The minimum atomic E-state index is -0.418. The molecule has 0 spiro atoms. The quantitative estimate of drug-likeness (QED) is 0.690. The number of rotatable bonds is 6. The Kier molecular flexibility index (Phi) is 4.66. The molecule has 0 aromatic heterocycles. The molecule has 0 heterocycles. The lowest BCUT2D eigenvalue weighted by atomic mass is 9.99. The number of nitrogens with one attached hydrogen (secondary N) is 1. The van der Waals surface area contributed by atoms with Crippen LogP contribution in [0.15, 0.2) is 24.3 Å². The Labute approximate surface area is 102 Å². The third-order valence-corrected chi connectivity index (χ3v) is 3.09. The molecule has 0 radical (unpaired) electrons. The monoisotopic (exact) mass is 236 g/mol. The molecule has 4 N–H and O–H groups in total. The Morgan fingerprint density at radius 3 is 2.41 bits per heavy atom. The molecular weight excluding hydrogens is 216 g/mol. The second kappa shape index (κ2) is 5.80. The van der Waals surface area contributed by atoms with Gasteiger partial charge in [-0.1, -0.05) is 19.1 Å². The van der Waals surface area contributed by atoms with Gasteiger partial charge in [-0.05, 0) is 31.0 Å². The lowest BCUT2D eigenvalue weighted by Gasteiger charge is -2.27. The lowest BCUT2D eigenvalue weighted by molar-refractivity contribution is 0.100. The van der Waals surface area contributed by atoms with Gasteiger partial charge in [0.05, 0.1) is 6.61 Å². The number of hydrogen-bond acceptors (Lipinski definition) is 3. The van der Waals surface area contributed by atoms with E-state index < -0.39 is 5.91 Å². The molecule has 1 amide bonds. The Morgan fingerprint density at radius 1 is 1.41 bits per heavy atom. The summed E-state index contributed by atoms with van der Waals surface area (Å²) in [5.74, 6) is -0.418. The highest BCUT2D eigenvalue weighted by molar-refractivity contribution is 5.92. The highest BCUT2D eigenvalue weighted by Crippen LogP contribution is 2.10. The van der Waals surface area contributed by atoms with E-state index in [1.807, 2.05) is 26.0 Å². The van der Waals surface area contributed by atoms with Gasteiger partial charge in [0.25, 0.3) is 0 Å². The molecule has 1 unspecified atom stereocenters. The van der Waals surface area contributed by atoms with Crippen LogP contribution in [-0.2, 0) is 6.54 Å². The zero-order chi connectivity index (χ0) is 12.9. The molecule has 4 heteroatoms. The number of amides is 1. The van der Waals surface area contributed by atoms with Crippen molar-refractivity contribution >= 4 is 5.91 Å². The minimum absolute atomic E-state index is 0.100. The van der Waals surface area contributed by atoms with E-state index in [4.69, 9.17) is 5.73 Å². The number of primary amides is 1. The van der Waals surface area contributed by atoms with Gasteiger partial charge in [-0.15, -0.1) is 0 Å². The van der Waals surface area contributed by atoms with Crippen LogP contribution in [0.25, 0.3) is 0 Å².